The van der Waals surface area contributed by atoms with Crippen LogP contribution in [0.5, 0.6) is 0 Å². The van der Waals surface area contributed by atoms with Gasteiger partial charge in [-0.25, -0.2) is 0 Å². The molecule has 0 rings (SSSR count). The molecule has 0 bridgehead atoms. The average molecular weight is 295 g/mol. The summed E-state index contributed by atoms with van der Waals surface area (Å²) in [6, 6.07) is 0. The second kappa shape index (κ2) is 5.62. The highest BCUT2D eigenvalue weighted by molar-refractivity contribution is 6.91. The van der Waals surface area contributed by atoms with Gasteiger partial charge in [-0.2, -0.15) is 0 Å². The zero-order valence-electron chi connectivity index (χ0n) is 12.6. The van der Waals surface area contributed by atoms with Crippen LogP contribution < -0.4 is 0 Å². The Hall–Kier alpha value is 0.788. The van der Waals surface area contributed by atoms with Gasteiger partial charge in [0.2, 0.25) is 0 Å². The van der Waals surface area contributed by atoms with E-state index in [1.807, 2.05) is 0 Å². The number of hydrogen-bond acceptors (Lipinski definition) is 2. The Bertz CT molecular complexity index is 218. The van der Waals surface area contributed by atoms with Crippen LogP contribution in [-0.4, -0.2) is 34.0 Å². The Labute approximate surface area is 107 Å². The lowest BCUT2D eigenvalue weighted by molar-refractivity contribution is 0.542. The molecule has 0 N–H and O–H groups in total. The summed E-state index contributed by atoms with van der Waals surface area (Å²) < 4.78 is 12.6. The first kappa shape index (κ1) is 16.8. The molecular weight excluding hydrogens is 264 g/mol. The van der Waals surface area contributed by atoms with Gasteiger partial charge in [-0.3, -0.25) is 0 Å². The second-order valence-electron chi connectivity index (χ2n) is 7.22. The summed E-state index contributed by atoms with van der Waals surface area (Å²) in [6.07, 6.45) is 0. The molecule has 0 spiro atoms. The molecule has 0 aromatic carbocycles. The molecule has 0 saturated heterocycles. The van der Waals surface area contributed by atoms with Gasteiger partial charge in [-0.05, 0) is 64.6 Å². The third kappa shape index (κ3) is 9.97. The number of hydrogen-bond donors (Lipinski definition) is 0. The summed E-state index contributed by atoms with van der Waals surface area (Å²) in [5.41, 5.74) is 1.25. The number of rotatable bonds is 6. The van der Waals surface area contributed by atoms with Gasteiger partial charge in [-0.1, -0.05) is 0 Å². The van der Waals surface area contributed by atoms with E-state index in [0.717, 1.165) is 0 Å². The molecule has 0 radical (unpaired) electrons. The van der Waals surface area contributed by atoms with Crippen molar-refractivity contribution in [3.8, 4) is 0 Å². The summed E-state index contributed by atoms with van der Waals surface area (Å²) in [6.45, 7) is 20.7. The fourth-order valence-corrected chi connectivity index (χ4v) is 21.4. The van der Waals surface area contributed by atoms with Crippen LogP contribution >= 0.6 is 0 Å². The molecule has 98 valence electrons. The molecular formula is C10H30O2Si4. The molecule has 0 aliphatic rings. The quantitative estimate of drug-likeness (QED) is 0.694. The average Bonchev–Trinajstić information content (AvgIpc) is 1.70. The molecule has 0 aromatic heterocycles. The normalized spacial score (nSPS) is 16.3. The van der Waals surface area contributed by atoms with Crippen molar-refractivity contribution in [3.05, 3.63) is 0 Å². The van der Waals surface area contributed by atoms with Gasteiger partial charge in [0.15, 0.2) is 34.0 Å². The summed E-state index contributed by atoms with van der Waals surface area (Å²) in [5.74, 6) is 0. The maximum Gasteiger partial charge on any atom is 0.172 e. The molecule has 0 amide bonds. The molecule has 0 aromatic rings. The van der Waals surface area contributed by atoms with Crippen molar-refractivity contribution in [1.82, 2.24) is 0 Å². The minimum Gasteiger partial charge on any atom is -0.458 e. The van der Waals surface area contributed by atoms with Gasteiger partial charge >= 0.3 is 0 Å². The zero-order valence-corrected chi connectivity index (χ0v) is 16.8. The Balaban J connectivity index is 4.26. The van der Waals surface area contributed by atoms with Gasteiger partial charge in [0, 0.05) is 0 Å². The molecule has 0 heterocycles. The first-order chi connectivity index (χ1) is 6.81. The summed E-state index contributed by atoms with van der Waals surface area (Å²) in [4.78, 5) is 0. The van der Waals surface area contributed by atoms with Crippen molar-refractivity contribution in [2.24, 2.45) is 0 Å². The van der Waals surface area contributed by atoms with E-state index < -0.39 is 34.0 Å². The van der Waals surface area contributed by atoms with Gasteiger partial charge in [0.05, 0.1) is 0 Å². The molecule has 6 heteroatoms. The van der Waals surface area contributed by atoms with E-state index in [4.69, 9.17) is 8.23 Å². The summed E-state index contributed by atoms with van der Waals surface area (Å²) in [7, 11) is -5.22. The highest BCUT2D eigenvalue weighted by Crippen LogP contribution is 2.21. The van der Waals surface area contributed by atoms with E-state index in [-0.39, 0.29) is 0 Å². The van der Waals surface area contributed by atoms with E-state index in [1.165, 1.54) is 5.67 Å². The van der Waals surface area contributed by atoms with Crippen molar-refractivity contribution in [2.45, 2.75) is 64.6 Å². The van der Waals surface area contributed by atoms with Crippen LogP contribution in [-0.2, 0) is 8.23 Å². The lowest BCUT2D eigenvalue weighted by Gasteiger charge is -2.34. The molecule has 0 aliphatic carbocycles. The molecule has 16 heavy (non-hydrogen) atoms. The third-order valence-corrected chi connectivity index (χ3v) is 17.2. The lowest BCUT2D eigenvalue weighted by atomic mass is 11.8. The van der Waals surface area contributed by atoms with Crippen molar-refractivity contribution < 1.29 is 8.23 Å². The predicted octanol–water partition coefficient (Wildman–Crippen LogP) is 3.79. The first-order valence-electron chi connectivity index (χ1n) is 6.19. The third-order valence-electron chi connectivity index (χ3n) is 1.92. The fourth-order valence-electron chi connectivity index (χ4n) is 2.21. The Kier molecular flexibility index (Phi) is 5.90. The van der Waals surface area contributed by atoms with E-state index >= 15 is 0 Å². The minimum atomic E-state index is -1.48. The Morgan fingerprint density at radius 1 is 0.812 bits per heavy atom. The maximum absolute atomic E-state index is 6.36. The summed E-state index contributed by atoms with van der Waals surface area (Å²) >= 11 is 0. The van der Waals surface area contributed by atoms with Crippen LogP contribution in [0.4, 0.5) is 0 Å². The van der Waals surface area contributed by atoms with Crippen LogP contribution in [0.3, 0.4) is 0 Å². The predicted molar refractivity (Wildman–Crippen MR) is 84.2 cm³/mol. The van der Waals surface area contributed by atoms with Gasteiger partial charge in [0.1, 0.15) is 0 Å². The van der Waals surface area contributed by atoms with Crippen LogP contribution in [0.2, 0.25) is 64.6 Å². The van der Waals surface area contributed by atoms with Crippen LogP contribution in [0, 0.1) is 0 Å². The van der Waals surface area contributed by atoms with Gasteiger partial charge in [-0.15, -0.1) is 0 Å². The first-order valence-corrected chi connectivity index (χ1v) is 18.6. The maximum atomic E-state index is 6.36. The molecule has 0 saturated carbocycles. The van der Waals surface area contributed by atoms with E-state index in [1.54, 1.807) is 0 Å². The lowest BCUT2D eigenvalue weighted by Crippen LogP contribution is -2.46. The second-order valence-corrected chi connectivity index (χ2v) is 24.2. The van der Waals surface area contributed by atoms with E-state index in [2.05, 4.69) is 58.9 Å². The molecule has 1 atom stereocenters. The van der Waals surface area contributed by atoms with Crippen molar-refractivity contribution in [2.75, 3.05) is 0 Å². The standard InChI is InChI=1S/C10H30O2Si4/c1-13(11-14(2,3)4)10-16(8,9)12-15(5,6)7/h13H,10H2,1-9H3/t13-/m0/s1. The zero-order chi connectivity index (χ0) is 13.2. The minimum absolute atomic E-state index is 1.02. The smallest absolute Gasteiger partial charge is 0.172 e. The highest BCUT2D eigenvalue weighted by atomic mass is 28.5. The van der Waals surface area contributed by atoms with Crippen LogP contribution in [0.15, 0.2) is 0 Å². The topological polar surface area (TPSA) is 18.5 Å². The fraction of sp³-hybridized carbons (Fsp3) is 1.00. The van der Waals surface area contributed by atoms with Gasteiger partial charge < -0.3 is 8.23 Å². The van der Waals surface area contributed by atoms with Crippen molar-refractivity contribution in [3.63, 3.8) is 0 Å². The Morgan fingerprint density at radius 3 is 1.56 bits per heavy atom. The Morgan fingerprint density at radius 2 is 1.25 bits per heavy atom. The van der Waals surface area contributed by atoms with Crippen molar-refractivity contribution in [1.29, 1.82) is 0 Å². The molecule has 2 nitrogen and oxygen atoms in total. The highest BCUT2D eigenvalue weighted by Gasteiger charge is 2.33. The van der Waals surface area contributed by atoms with Crippen molar-refractivity contribution >= 4 is 34.0 Å². The molecule has 0 aliphatic heterocycles. The summed E-state index contributed by atoms with van der Waals surface area (Å²) in [5, 5.41) is 0. The largest absolute Gasteiger partial charge is 0.458 e. The van der Waals surface area contributed by atoms with Crippen LogP contribution in [0.25, 0.3) is 0 Å². The molecule has 0 fully saturated rings. The van der Waals surface area contributed by atoms with Crippen LogP contribution in [0.1, 0.15) is 0 Å². The van der Waals surface area contributed by atoms with E-state index in [9.17, 15) is 0 Å². The van der Waals surface area contributed by atoms with Gasteiger partial charge in [0.25, 0.3) is 0 Å². The monoisotopic (exact) mass is 294 g/mol. The molecule has 0 unspecified atom stereocenters. The van der Waals surface area contributed by atoms with E-state index in [0.29, 0.717) is 0 Å². The SMILES string of the molecule is C[Si@@H](C[Si](C)(C)O[Si](C)(C)C)O[Si](C)(C)C.